The van der Waals surface area contributed by atoms with Gasteiger partial charge in [-0.15, -0.1) is 10.2 Å². The van der Waals surface area contributed by atoms with Crippen LogP contribution in [-0.4, -0.2) is 43.0 Å². The molecule has 0 bridgehead atoms. The lowest BCUT2D eigenvalue weighted by Gasteiger charge is -2.12. The van der Waals surface area contributed by atoms with Gasteiger partial charge in [0.2, 0.25) is 0 Å². The number of ether oxygens (including phenoxy) is 1. The maximum Gasteiger partial charge on any atom is 0.330 e. The Balaban J connectivity index is 1.57. The van der Waals surface area contributed by atoms with Gasteiger partial charge in [-0.25, -0.2) is 4.79 Å². The number of nitrogens with two attached hydrogens (primary N) is 1. The molecule has 4 rings (SSSR count). The Hall–Kier alpha value is -4.12. The van der Waals surface area contributed by atoms with Crippen molar-refractivity contribution in [2.24, 2.45) is 0 Å². The van der Waals surface area contributed by atoms with E-state index in [2.05, 4.69) is 15.2 Å². The molecular formula is C24H24N6O4S. The zero-order chi connectivity index (χ0) is 24.9. The molecule has 0 aliphatic heterocycles. The van der Waals surface area contributed by atoms with E-state index in [-0.39, 0.29) is 23.7 Å². The van der Waals surface area contributed by atoms with Crippen molar-refractivity contribution in [3.63, 3.8) is 0 Å². The summed E-state index contributed by atoms with van der Waals surface area (Å²) >= 11 is 1.15. The van der Waals surface area contributed by atoms with E-state index in [9.17, 15) is 14.4 Å². The molecule has 0 radical (unpaired) electrons. The van der Waals surface area contributed by atoms with Crippen molar-refractivity contribution in [2.75, 3.05) is 18.6 Å². The van der Waals surface area contributed by atoms with Crippen LogP contribution in [0.3, 0.4) is 0 Å². The first kappa shape index (κ1) is 24.0. The molecule has 2 aromatic heterocycles. The number of carbonyl (C=O) groups is 1. The first-order chi connectivity index (χ1) is 16.9. The second-order valence-corrected chi connectivity index (χ2v) is 8.52. The van der Waals surface area contributed by atoms with E-state index in [1.54, 1.807) is 7.11 Å². The summed E-state index contributed by atoms with van der Waals surface area (Å²) in [6, 6.07) is 16.6. The molecule has 0 unspecified atom stereocenters. The summed E-state index contributed by atoms with van der Waals surface area (Å²) in [7, 11) is 1.60. The maximum atomic E-state index is 13.0. The normalized spacial score (nSPS) is 10.9. The van der Waals surface area contributed by atoms with Crippen molar-refractivity contribution in [3.05, 3.63) is 86.6 Å². The van der Waals surface area contributed by atoms with Gasteiger partial charge in [0.1, 0.15) is 17.1 Å². The number of benzene rings is 2. The molecule has 0 saturated carbocycles. The number of hydrogen-bond acceptors (Lipinski definition) is 8. The summed E-state index contributed by atoms with van der Waals surface area (Å²) in [4.78, 5) is 40.0. The van der Waals surface area contributed by atoms with Gasteiger partial charge in [-0.1, -0.05) is 42.1 Å². The number of ketones is 1. The van der Waals surface area contributed by atoms with Crippen LogP contribution < -0.4 is 21.7 Å². The summed E-state index contributed by atoms with van der Waals surface area (Å²) in [6.45, 7) is 2.66. The fourth-order valence-electron chi connectivity index (χ4n) is 3.62. The fourth-order valence-corrected chi connectivity index (χ4v) is 4.49. The number of aromatic nitrogens is 5. The van der Waals surface area contributed by atoms with Gasteiger partial charge in [0.25, 0.3) is 5.56 Å². The topological polar surface area (TPSA) is 138 Å². The number of rotatable bonds is 9. The highest BCUT2D eigenvalue weighted by Gasteiger charge is 2.21. The van der Waals surface area contributed by atoms with Crippen LogP contribution in [0.4, 0.5) is 5.82 Å². The maximum absolute atomic E-state index is 13.0. The molecule has 0 amide bonds. The van der Waals surface area contributed by atoms with Gasteiger partial charge >= 0.3 is 5.69 Å². The largest absolute Gasteiger partial charge is 0.497 e. The standard InChI is InChI=1S/C24H24N6O4S/c1-3-29-21(16-9-11-17(34-2)12-10-16)27-28-24(29)35-14-18(31)19-20(25)30(23(33)26-22(19)32)13-15-7-5-4-6-8-15/h4-12H,3,13-14,25H2,1-2H3,(H,26,32,33). The van der Waals surface area contributed by atoms with Gasteiger partial charge in [0, 0.05) is 12.1 Å². The van der Waals surface area contributed by atoms with Crippen LogP contribution in [0.25, 0.3) is 11.4 Å². The van der Waals surface area contributed by atoms with Crippen LogP contribution in [0.15, 0.2) is 69.3 Å². The fraction of sp³-hybridized carbons (Fsp3) is 0.208. The van der Waals surface area contributed by atoms with Crippen molar-refractivity contribution >= 4 is 23.4 Å². The third-order valence-electron chi connectivity index (χ3n) is 5.42. The van der Waals surface area contributed by atoms with E-state index < -0.39 is 17.0 Å². The van der Waals surface area contributed by atoms with Crippen molar-refractivity contribution < 1.29 is 9.53 Å². The lowest BCUT2D eigenvalue weighted by Crippen LogP contribution is -2.36. The Labute approximate surface area is 204 Å². The number of nitrogen functional groups attached to an aromatic ring is 1. The van der Waals surface area contributed by atoms with E-state index >= 15 is 0 Å². The van der Waals surface area contributed by atoms with Crippen molar-refractivity contribution in [2.45, 2.75) is 25.2 Å². The summed E-state index contributed by atoms with van der Waals surface area (Å²) < 4.78 is 8.26. The molecule has 35 heavy (non-hydrogen) atoms. The number of methoxy groups -OCH3 is 1. The minimum Gasteiger partial charge on any atom is -0.497 e. The second-order valence-electron chi connectivity index (χ2n) is 7.58. The number of nitrogens with one attached hydrogen (secondary N) is 1. The molecule has 4 aromatic rings. The summed E-state index contributed by atoms with van der Waals surface area (Å²) in [5.41, 5.74) is 6.07. The zero-order valence-corrected chi connectivity index (χ0v) is 20.0. The van der Waals surface area contributed by atoms with E-state index in [1.165, 1.54) is 4.57 Å². The van der Waals surface area contributed by atoms with Gasteiger partial charge in [-0.3, -0.25) is 19.1 Å². The predicted molar refractivity (Wildman–Crippen MR) is 134 cm³/mol. The Bertz CT molecular complexity index is 1460. The van der Waals surface area contributed by atoms with E-state index in [4.69, 9.17) is 10.5 Å². The number of Topliss-reactive ketones (excluding diaryl/α,β-unsaturated/α-hetero) is 1. The molecule has 2 aromatic carbocycles. The highest BCUT2D eigenvalue weighted by atomic mass is 32.2. The molecular weight excluding hydrogens is 468 g/mol. The molecule has 0 aliphatic carbocycles. The molecule has 0 spiro atoms. The molecule has 180 valence electrons. The number of thioether (sulfide) groups is 1. The smallest absolute Gasteiger partial charge is 0.330 e. The summed E-state index contributed by atoms with van der Waals surface area (Å²) in [6.07, 6.45) is 0. The van der Waals surface area contributed by atoms with Gasteiger partial charge in [-0.2, -0.15) is 0 Å². The Morgan fingerprint density at radius 2 is 1.77 bits per heavy atom. The average molecular weight is 493 g/mol. The first-order valence-corrected chi connectivity index (χ1v) is 11.8. The minimum absolute atomic E-state index is 0.0996. The highest BCUT2D eigenvalue weighted by Crippen LogP contribution is 2.26. The van der Waals surface area contributed by atoms with Crippen LogP contribution >= 0.6 is 11.8 Å². The first-order valence-electron chi connectivity index (χ1n) is 10.8. The number of hydrogen-bond donors (Lipinski definition) is 2. The molecule has 0 atom stereocenters. The Kier molecular flexibility index (Phi) is 7.16. The van der Waals surface area contributed by atoms with E-state index in [0.717, 1.165) is 28.6 Å². The third kappa shape index (κ3) is 5.04. The lowest BCUT2D eigenvalue weighted by atomic mass is 10.2. The zero-order valence-electron chi connectivity index (χ0n) is 19.2. The molecule has 3 N–H and O–H groups in total. The van der Waals surface area contributed by atoms with Crippen LogP contribution in [-0.2, 0) is 13.1 Å². The van der Waals surface area contributed by atoms with Crippen molar-refractivity contribution in [1.82, 2.24) is 24.3 Å². The highest BCUT2D eigenvalue weighted by molar-refractivity contribution is 7.99. The predicted octanol–water partition coefficient (Wildman–Crippen LogP) is 2.43. The quantitative estimate of drug-likeness (QED) is 0.268. The molecule has 0 fully saturated rings. The number of H-pyrrole nitrogens is 1. The van der Waals surface area contributed by atoms with Gasteiger partial charge in [-0.05, 0) is 36.8 Å². The molecule has 11 heteroatoms. The van der Waals surface area contributed by atoms with Crippen LogP contribution in [0.5, 0.6) is 5.75 Å². The SMILES string of the molecule is CCn1c(SCC(=O)c2c(N)n(Cc3ccccc3)c(=O)[nH]c2=O)nnc1-c1ccc(OC)cc1. The monoisotopic (exact) mass is 492 g/mol. The van der Waals surface area contributed by atoms with Crippen LogP contribution in [0.1, 0.15) is 22.8 Å². The van der Waals surface area contributed by atoms with E-state index in [0.29, 0.717) is 17.5 Å². The minimum atomic E-state index is -0.807. The summed E-state index contributed by atoms with van der Waals surface area (Å²) in [5, 5.41) is 9.02. The molecule has 0 aliphatic rings. The van der Waals surface area contributed by atoms with E-state index in [1.807, 2.05) is 66.1 Å². The molecule has 0 saturated heterocycles. The molecule has 2 heterocycles. The average Bonchev–Trinajstić information content (AvgIpc) is 3.28. The van der Waals surface area contributed by atoms with Crippen LogP contribution in [0.2, 0.25) is 0 Å². The number of anilines is 1. The lowest BCUT2D eigenvalue weighted by molar-refractivity contribution is 0.102. The van der Waals surface area contributed by atoms with Gasteiger partial charge in [0.15, 0.2) is 16.8 Å². The van der Waals surface area contributed by atoms with Crippen LogP contribution in [0, 0.1) is 0 Å². The van der Waals surface area contributed by atoms with Gasteiger partial charge in [0.05, 0.1) is 19.4 Å². The summed E-state index contributed by atoms with van der Waals surface area (Å²) in [5.74, 6) is 0.612. The second kappa shape index (κ2) is 10.4. The van der Waals surface area contributed by atoms with Gasteiger partial charge < -0.3 is 15.0 Å². The number of nitrogens with zero attached hydrogens (tertiary/aromatic N) is 4. The Morgan fingerprint density at radius 1 is 1.06 bits per heavy atom. The number of aromatic amines is 1. The third-order valence-corrected chi connectivity index (χ3v) is 6.38. The number of carbonyl (C=O) groups excluding carboxylic acids is 1. The van der Waals surface area contributed by atoms with Crippen molar-refractivity contribution in [3.8, 4) is 17.1 Å². The Morgan fingerprint density at radius 3 is 2.43 bits per heavy atom. The van der Waals surface area contributed by atoms with Crippen molar-refractivity contribution in [1.29, 1.82) is 0 Å². The molecule has 10 nitrogen and oxygen atoms in total.